The number of aromatic nitrogens is 2. The highest BCUT2D eigenvalue weighted by Crippen LogP contribution is 2.18. The first-order valence-corrected chi connectivity index (χ1v) is 11.5. The Kier molecular flexibility index (Phi) is 7.04. The summed E-state index contributed by atoms with van der Waals surface area (Å²) < 4.78 is 2.81. The van der Waals surface area contributed by atoms with Crippen molar-refractivity contribution in [3.63, 3.8) is 0 Å². The third kappa shape index (κ3) is 5.35. The second-order valence-corrected chi connectivity index (χ2v) is 8.72. The molecule has 1 N–H and O–H groups in total. The molecule has 6 nitrogen and oxygen atoms in total. The van der Waals surface area contributed by atoms with Crippen molar-refractivity contribution < 1.29 is 4.79 Å². The minimum atomic E-state index is -0.0604. The summed E-state index contributed by atoms with van der Waals surface area (Å²) in [6.45, 7) is 7.80. The molecule has 1 saturated heterocycles. The van der Waals surface area contributed by atoms with Gasteiger partial charge in [0, 0.05) is 42.9 Å². The largest absolute Gasteiger partial charge is 0.369 e. The van der Waals surface area contributed by atoms with Crippen LogP contribution >= 0.6 is 15.9 Å². The van der Waals surface area contributed by atoms with E-state index in [0.29, 0.717) is 12.1 Å². The molecule has 0 spiro atoms. The molecular weight excluding hydrogens is 454 g/mol. The lowest BCUT2D eigenvalue weighted by atomic mass is 10.2. The highest BCUT2D eigenvalue weighted by Gasteiger charge is 2.17. The van der Waals surface area contributed by atoms with E-state index in [2.05, 4.69) is 66.5 Å². The molecule has 4 rings (SSSR count). The van der Waals surface area contributed by atoms with Gasteiger partial charge in [0.15, 0.2) is 0 Å². The van der Waals surface area contributed by atoms with Gasteiger partial charge in [0.2, 0.25) is 0 Å². The van der Waals surface area contributed by atoms with Crippen molar-refractivity contribution >= 4 is 27.5 Å². The molecule has 1 fully saturated rings. The molecule has 2 aromatic carbocycles. The zero-order valence-corrected chi connectivity index (χ0v) is 19.4. The number of nitrogens with zero attached hydrogens (tertiary/aromatic N) is 4. The van der Waals surface area contributed by atoms with Gasteiger partial charge in [0.05, 0.1) is 23.1 Å². The Labute approximate surface area is 192 Å². The molecule has 31 heavy (non-hydrogen) atoms. The number of amides is 1. The molecule has 0 bridgehead atoms. The van der Waals surface area contributed by atoms with Gasteiger partial charge in [-0.2, -0.15) is 5.10 Å². The van der Waals surface area contributed by atoms with Crippen LogP contribution in [0, 0.1) is 6.92 Å². The fourth-order valence-corrected chi connectivity index (χ4v) is 4.21. The Morgan fingerprint density at radius 3 is 2.42 bits per heavy atom. The van der Waals surface area contributed by atoms with Gasteiger partial charge in [-0.15, -0.1) is 0 Å². The monoisotopic (exact) mass is 481 g/mol. The number of carbonyl (C=O) groups is 1. The van der Waals surface area contributed by atoms with Crippen molar-refractivity contribution in [2.75, 3.05) is 44.2 Å². The van der Waals surface area contributed by atoms with Gasteiger partial charge in [-0.3, -0.25) is 9.69 Å². The second kappa shape index (κ2) is 10.1. The lowest BCUT2D eigenvalue weighted by molar-refractivity contribution is 0.0951. The molecule has 1 aromatic heterocycles. The summed E-state index contributed by atoms with van der Waals surface area (Å²) in [6.07, 6.45) is 2.59. The van der Waals surface area contributed by atoms with Crippen LogP contribution in [-0.4, -0.2) is 59.9 Å². The smallest absolute Gasteiger partial charge is 0.254 e. The fraction of sp³-hybridized carbons (Fsp3) is 0.333. The molecule has 0 aliphatic carbocycles. The van der Waals surface area contributed by atoms with Crippen LogP contribution in [0.2, 0.25) is 0 Å². The molecule has 7 heteroatoms. The average Bonchev–Trinajstić information content (AvgIpc) is 3.19. The summed E-state index contributed by atoms with van der Waals surface area (Å²) in [5.74, 6) is -0.0604. The van der Waals surface area contributed by atoms with Crippen molar-refractivity contribution in [3.05, 3.63) is 76.5 Å². The fourth-order valence-electron chi connectivity index (χ4n) is 3.94. The maximum Gasteiger partial charge on any atom is 0.254 e. The van der Waals surface area contributed by atoms with E-state index in [9.17, 15) is 4.79 Å². The number of anilines is 1. The van der Waals surface area contributed by atoms with Gasteiger partial charge in [-0.05, 0) is 56.3 Å². The van der Waals surface area contributed by atoms with Crippen LogP contribution in [0.25, 0.3) is 5.69 Å². The minimum absolute atomic E-state index is 0.0604. The van der Waals surface area contributed by atoms with Crippen LogP contribution < -0.4 is 10.2 Å². The van der Waals surface area contributed by atoms with Crippen molar-refractivity contribution in [3.8, 4) is 5.69 Å². The first-order valence-electron chi connectivity index (χ1n) is 10.7. The standard InChI is InChI=1S/C24H28BrN5O/c1-19-23(18-27-30(19)22-10-8-20(25)9-11-22)24(31)26-12-5-13-28-14-16-29(17-15-28)21-6-3-2-4-7-21/h2-4,6-11,18H,5,12-17H2,1H3,(H,26,31). The van der Waals surface area contributed by atoms with E-state index in [1.807, 2.05) is 31.2 Å². The zero-order chi connectivity index (χ0) is 21.6. The summed E-state index contributed by atoms with van der Waals surface area (Å²) in [6, 6.07) is 18.5. The summed E-state index contributed by atoms with van der Waals surface area (Å²) >= 11 is 3.44. The highest BCUT2D eigenvalue weighted by atomic mass is 79.9. The van der Waals surface area contributed by atoms with Gasteiger partial charge in [0.1, 0.15) is 0 Å². The normalized spacial score (nSPS) is 14.6. The van der Waals surface area contributed by atoms with Crippen molar-refractivity contribution in [2.24, 2.45) is 0 Å². The predicted molar refractivity (Wildman–Crippen MR) is 128 cm³/mol. The van der Waals surface area contributed by atoms with E-state index in [1.54, 1.807) is 10.9 Å². The molecule has 1 amide bonds. The number of rotatable bonds is 7. The maximum atomic E-state index is 12.6. The minimum Gasteiger partial charge on any atom is -0.369 e. The lowest BCUT2D eigenvalue weighted by Gasteiger charge is -2.36. The number of para-hydroxylation sites is 1. The average molecular weight is 482 g/mol. The molecule has 0 saturated carbocycles. The molecular formula is C24H28BrN5O. The summed E-state index contributed by atoms with van der Waals surface area (Å²) in [5.41, 5.74) is 3.71. The zero-order valence-electron chi connectivity index (χ0n) is 17.8. The van der Waals surface area contributed by atoms with Gasteiger partial charge in [-0.25, -0.2) is 4.68 Å². The number of hydrogen-bond acceptors (Lipinski definition) is 4. The topological polar surface area (TPSA) is 53.4 Å². The van der Waals surface area contributed by atoms with Crippen LogP contribution in [0.15, 0.2) is 65.3 Å². The lowest BCUT2D eigenvalue weighted by Crippen LogP contribution is -2.47. The summed E-state index contributed by atoms with van der Waals surface area (Å²) in [4.78, 5) is 17.5. The Morgan fingerprint density at radius 2 is 1.71 bits per heavy atom. The molecule has 0 radical (unpaired) electrons. The molecule has 3 aromatic rings. The number of hydrogen-bond donors (Lipinski definition) is 1. The predicted octanol–water partition coefficient (Wildman–Crippen LogP) is 3.89. The Hall–Kier alpha value is -2.64. The van der Waals surface area contributed by atoms with Crippen LogP contribution in [0.5, 0.6) is 0 Å². The van der Waals surface area contributed by atoms with E-state index in [4.69, 9.17) is 0 Å². The SMILES string of the molecule is Cc1c(C(=O)NCCCN2CCN(c3ccccc3)CC2)cnn1-c1ccc(Br)cc1. The summed E-state index contributed by atoms with van der Waals surface area (Å²) in [5, 5.41) is 7.45. The molecule has 162 valence electrons. The van der Waals surface area contributed by atoms with E-state index in [1.165, 1.54) is 5.69 Å². The van der Waals surface area contributed by atoms with E-state index < -0.39 is 0 Å². The second-order valence-electron chi connectivity index (χ2n) is 7.81. The van der Waals surface area contributed by atoms with Gasteiger partial charge in [-0.1, -0.05) is 34.1 Å². The van der Waals surface area contributed by atoms with E-state index in [-0.39, 0.29) is 5.91 Å². The van der Waals surface area contributed by atoms with Crippen molar-refractivity contribution in [1.29, 1.82) is 0 Å². The quantitative estimate of drug-likeness (QED) is 0.520. The van der Waals surface area contributed by atoms with Crippen LogP contribution in [0.1, 0.15) is 22.5 Å². The molecule has 1 aliphatic rings. The van der Waals surface area contributed by atoms with Gasteiger partial charge >= 0.3 is 0 Å². The van der Waals surface area contributed by atoms with Crippen LogP contribution in [0.3, 0.4) is 0 Å². The molecule has 0 atom stereocenters. The van der Waals surface area contributed by atoms with Gasteiger partial charge < -0.3 is 10.2 Å². The molecule has 1 aliphatic heterocycles. The molecule has 0 unspecified atom stereocenters. The van der Waals surface area contributed by atoms with Crippen molar-refractivity contribution in [1.82, 2.24) is 20.0 Å². The number of carbonyl (C=O) groups excluding carboxylic acids is 1. The third-order valence-electron chi connectivity index (χ3n) is 5.76. The Balaban J connectivity index is 1.21. The Bertz CT molecular complexity index is 995. The van der Waals surface area contributed by atoms with Crippen LogP contribution in [0.4, 0.5) is 5.69 Å². The molecule has 2 heterocycles. The number of piperazine rings is 1. The van der Waals surface area contributed by atoms with E-state index in [0.717, 1.165) is 55.0 Å². The first-order chi connectivity index (χ1) is 15.1. The van der Waals surface area contributed by atoms with Crippen LogP contribution in [-0.2, 0) is 0 Å². The maximum absolute atomic E-state index is 12.6. The summed E-state index contributed by atoms with van der Waals surface area (Å²) in [7, 11) is 0. The first kappa shape index (κ1) is 21.6. The number of benzene rings is 2. The van der Waals surface area contributed by atoms with Crippen molar-refractivity contribution in [2.45, 2.75) is 13.3 Å². The Morgan fingerprint density at radius 1 is 1.00 bits per heavy atom. The van der Waals surface area contributed by atoms with Gasteiger partial charge in [0.25, 0.3) is 5.91 Å². The number of halogens is 1. The number of nitrogens with one attached hydrogen (secondary N) is 1. The highest BCUT2D eigenvalue weighted by molar-refractivity contribution is 9.10. The third-order valence-corrected chi connectivity index (χ3v) is 6.28. The van der Waals surface area contributed by atoms with E-state index >= 15 is 0 Å².